The number of methoxy groups -OCH3 is 3. The van der Waals surface area contributed by atoms with Crippen LogP contribution in [-0.4, -0.2) is 52.7 Å². The summed E-state index contributed by atoms with van der Waals surface area (Å²) in [5.74, 6) is 2.21. The fraction of sp³-hybridized carbons (Fsp3) is 0.294. The van der Waals surface area contributed by atoms with E-state index in [2.05, 4.69) is 20.5 Å². The summed E-state index contributed by atoms with van der Waals surface area (Å²) in [7, 11) is 6.49. The molecule has 3 aromatic rings. The van der Waals surface area contributed by atoms with Gasteiger partial charge in [-0.25, -0.2) is 4.98 Å². The minimum Gasteiger partial charge on any atom is -0.493 e. The Morgan fingerprint density at radius 1 is 1.18 bits per heavy atom. The Labute approximate surface area is 170 Å². The molecule has 0 bridgehead atoms. The smallest absolute Gasteiger partial charge is 0.236 e. The third-order valence-electron chi connectivity index (χ3n) is 3.77. The maximum atomic E-state index is 12.0. The topological polar surface area (TPSA) is 100 Å². The van der Waals surface area contributed by atoms with Gasteiger partial charge in [0, 0.05) is 24.2 Å². The molecule has 0 aliphatic carbocycles. The van der Waals surface area contributed by atoms with Gasteiger partial charge in [-0.05, 0) is 12.1 Å². The minimum absolute atomic E-state index is 0.155. The number of carbonyl (C=O) groups is 1. The fourth-order valence-corrected chi connectivity index (χ4v) is 3.73. The SMILES string of the molecule is COc1cc(-c2nnc(SCC(=O)Nc3nccs3)n2C)cc(OC)c1OC. The van der Waals surface area contributed by atoms with Crippen molar-refractivity contribution in [2.45, 2.75) is 5.16 Å². The Bertz CT molecular complexity index is 934. The number of carbonyl (C=O) groups excluding carboxylic acids is 1. The fourth-order valence-electron chi connectivity index (χ4n) is 2.47. The Balaban J connectivity index is 1.78. The minimum atomic E-state index is -0.155. The van der Waals surface area contributed by atoms with Gasteiger partial charge in [0.2, 0.25) is 11.7 Å². The summed E-state index contributed by atoms with van der Waals surface area (Å²) in [6.07, 6.45) is 1.64. The lowest BCUT2D eigenvalue weighted by molar-refractivity contribution is -0.113. The van der Waals surface area contributed by atoms with Crippen molar-refractivity contribution in [3.63, 3.8) is 0 Å². The van der Waals surface area contributed by atoms with E-state index in [-0.39, 0.29) is 11.7 Å². The Morgan fingerprint density at radius 2 is 1.89 bits per heavy atom. The quantitative estimate of drug-likeness (QED) is 0.554. The average molecular weight is 422 g/mol. The van der Waals surface area contributed by atoms with Gasteiger partial charge in [0.05, 0.1) is 27.1 Å². The number of anilines is 1. The highest BCUT2D eigenvalue weighted by Crippen LogP contribution is 2.41. The molecule has 0 saturated carbocycles. The Hall–Kier alpha value is -2.79. The van der Waals surface area contributed by atoms with Crippen LogP contribution in [0.15, 0.2) is 28.9 Å². The number of hydrogen-bond acceptors (Lipinski definition) is 9. The number of nitrogens with zero attached hydrogens (tertiary/aromatic N) is 4. The highest BCUT2D eigenvalue weighted by Gasteiger charge is 2.18. The molecule has 0 aliphatic rings. The van der Waals surface area contributed by atoms with Gasteiger partial charge < -0.3 is 24.1 Å². The molecule has 11 heteroatoms. The van der Waals surface area contributed by atoms with Gasteiger partial charge in [0.1, 0.15) is 0 Å². The molecule has 1 aromatic carbocycles. The summed E-state index contributed by atoms with van der Waals surface area (Å²) in [6, 6.07) is 3.60. The first-order valence-electron chi connectivity index (χ1n) is 8.09. The van der Waals surface area contributed by atoms with E-state index in [0.29, 0.717) is 33.4 Å². The summed E-state index contributed by atoms with van der Waals surface area (Å²) in [4.78, 5) is 16.1. The number of ether oxygens (including phenoxy) is 3. The third-order valence-corrected chi connectivity index (χ3v) is 5.48. The van der Waals surface area contributed by atoms with Crippen molar-refractivity contribution in [1.29, 1.82) is 0 Å². The van der Waals surface area contributed by atoms with E-state index in [1.165, 1.54) is 23.1 Å². The number of nitrogens with one attached hydrogen (secondary N) is 1. The lowest BCUT2D eigenvalue weighted by Gasteiger charge is -2.14. The van der Waals surface area contributed by atoms with Gasteiger partial charge in [-0.2, -0.15) is 0 Å². The highest BCUT2D eigenvalue weighted by molar-refractivity contribution is 7.99. The Morgan fingerprint density at radius 3 is 2.46 bits per heavy atom. The van der Waals surface area contributed by atoms with Crippen LogP contribution in [0.5, 0.6) is 17.2 Å². The van der Waals surface area contributed by atoms with Crippen molar-refractivity contribution < 1.29 is 19.0 Å². The molecule has 1 N–H and O–H groups in total. The predicted molar refractivity (Wildman–Crippen MR) is 108 cm³/mol. The second kappa shape index (κ2) is 8.93. The number of amides is 1. The maximum absolute atomic E-state index is 12.0. The van der Waals surface area contributed by atoms with Gasteiger partial charge in [-0.1, -0.05) is 11.8 Å². The van der Waals surface area contributed by atoms with Gasteiger partial charge in [-0.15, -0.1) is 21.5 Å². The van der Waals surface area contributed by atoms with Gasteiger partial charge >= 0.3 is 0 Å². The molecule has 0 fully saturated rings. The van der Waals surface area contributed by atoms with E-state index in [1.54, 1.807) is 45.0 Å². The Kier molecular flexibility index (Phi) is 6.37. The average Bonchev–Trinajstić information content (AvgIpc) is 3.34. The first-order valence-corrected chi connectivity index (χ1v) is 9.95. The van der Waals surface area contributed by atoms with Crippen LogP contribution in [0.1, 0.15) is 0 Å². The van der Waals surface area contributed by atoms with Crippen molar-refractivity contribution in [1.82, 2.24) is 19.7 Å². The number of thioether (sulfide) groups is 1. The van der Waals surface area contributed by atoms with Crippen LogP contribution < -0.4 is 19.5 Å². The van der Waals surface area contributed by atoms with E-state index < -0.39 is 0 Å². The standard InChI is InChI=1S/C17H19N5O4S2/c1-22-15(10-7-11(24-2)14(26-4)12(8-10)25-3)20-21-17(22)28-9-13(23)19-16-18-5-6-27-16/h5-8H,9H2,1-4H3,(H,18,19,23). The predicted octanol–water partition coefficient (Wildman–Crippen LogP) is 2.70. The van der Waals surface area contributed by atoms with Crippen molar-refractivity contribution in [3.05, 3.63) is 23.7 Å². The molecule has 0 unspecified atom stereocenters. The molecule has 0 aliphatic heterocycles. The maximum Gasteiger partial charge on any atom is 0.236 e. The summed E-state index contributed by atoms with van der Waals surface area (Å²) in [6.45, 7) is 0. The highest BCUT2D eigenvalue weighted by atomic mass is 32.2. The van der Waals surface area contributed by atoms with Gasteiger partial charge in [0.15, 0.2) is 27.6 Å². The van der Waals surface area contributed by atoms with Gasteiger partial charge in [0.25, 0.3) is 0 Å². The number of benzene rings is 1. The van der Waals surface area contributed by atoms with Crippen LogP contribution in [0.4, 0.5) is 5.13 Å². The summed E-state index contributed by atoms with van der Waals surface area (Å²) in [5.41, 5.74) is 0.753. The largest absolute Gasteiger partial charge is 0.493 e. The molecular weight excluding hydrogens is 402 g/mol. The van der Waals surface area contributed by atoms with E-state index in [4.69, 9.17) is 14.2 Å². The molecule has 0 saturated heterocycles. The molecule has 0 spiro atoms. The second-order valence-corrected chi connectivity index (χ2v) is 7.29. The molecule has 2 aromatic heterocycles. The van der Waals surface area contributed by atoms with E-state index in [1.807, 2.05) is 11.6 Å². The number of thiazole rings is 1. The molecule has 0 atom stereocenters. The number of rotatable bonds is 8. The van der Waals surface area contributed by atoms with Crippen LogP contribution in [0.2, 0.25) is 0 Å². The number of hydrogen-bond donors (Lipinski definition) is 1. The monoisotopic (exact) mass is 421 g/mol. The summed E-state index contributed by atoms with van der Waals surface area (Å²) >= 11 is 2.65. The molecular formula is C17H19N5O4S2. The van der Waals surface area contributed by atoms with Gasteiger partial charge in [-0.3, -0.25) is 4.79 Å². The molecule has 28 heavy (non-hydrogen) atoms. The first-order chi connectivity index (χ1) is 13.6. The molecule has 0 radical (unpaired) electrons. The lowest BCUT2D eigenvalue weighted by atomic mass is 10.1. The zero-order chi connectivity index (χ0) is 20.1. The molecule has 1 amide bonds. The first kappa shape index (κ1) is 20.0. The van der Waals surface area contributed by atoms with Crippen molar-refractivity contribution in [2.24, 2.45) is 7.05 Å². The zero-order valence-electron chi connectivity index (χ0n) is 15.8. The second-order valence-electron chi connectivity index (χ2n) is 5.45. The van der Waals surface area contributed by atoms with Crippen molar-refractivity contribution in [3.8, 4) is 28.6 Å². The van der Waals surface area contributed by atoms with Crippen LogP contribution >= 0.6 is 23.1 Å². The van der Waals surface area contributed by atoms with E-state index in [0.717, 1.165) is 5.56 Å². The van der Waals surface area contributed by atoms with Crippen LogP contribution in [0.3, 0.4) is 0 Å². The van der Waals surface area contributed by atoms with Crippen LogP contribution in [0, 0.1) is 0 Å². The zero-order valence-corrected chi connectivity index (χ0v) is 17.4. The van der Waals surface area contributed by atoms with E-state index >= 15 is 0 Å². The van der Waals surface area contributed by atoms with Crippen LogP contribution in [0.25, 0.3) is 11.4 Å². The van der Waals surface area contributed by atoms with Crippen molar-refractivity contribution >= 4 is 34.1 Å². The third kappa shape index (κ3) is 4.20. The normalized spacial score (nSPS) is 10.6. The van der Waals surface area contributed by atoms with Crippen molar-refractivity contribution in [2.75, 3.05) is 32.4 Å². The lowest BCUT2D eigenvalue weighted by Crippen LogP contribution is -2.14. The molecule has 148 valence electrons. The molecule has 2 heterocycles. The van der Waals surface area contributed by atoms with E-state index in [9.17, 15) is 4.79 Å². The summed E-state index contributed by atoms with van der Waals surface area (Å²) < 4.78 is 17.9. The summed E-state index contributed by atoms with van der Waals surface area (Å²) in [5, 5.41) is 14.1. The molecule has 3 rings (SSSR count). The molecule has 9 nitrogen and oxygen atoms in total. The number of aromatic nitrogens is 4. The van der Waals surface area contributed by atoms with Crippen LogP contribution in [-0.2, 0) is 11.8 Å².